The fourth-order valence-electron chi connectivity index (χ4n) is 1.58. The van der Waals surface area contributed by atoms with Crippen LogP contribution in [0, 0.1) is 0 Å². The minimum absolute atomic E-state index is 0.141. The third kappa shape index (κ3) is 3.13. The Kier molecular flexibility index (Phi) is 3.42. The van der Waals surface area contributed by atoms with Crippen molar-refractivity contribution in [3.8, 4) is 0 Å². The summed E-state index contributed by atoms with van der Waals surface area (Å²) in [6, 6.07) is 5.67. The minimum atomic E-state index is -2.92. The number of para-hydroxylation sites is 1. The van der Waals surface area contributed by atoms with Crippen molar-refractivity contribution >= 4 is 32.6 Å². The summed E-state index contributed by atoms with van der Waals surface area (Å²) in [6.07, 6.45) is 1.72. The normalized spacial score (nSPS) is 11.8. The molecular weight excluding hydrogens is 254 g/mol. The highest BCUT2D eigenvalue weighted by atomic mass is 32.2. The molecule has 0 amide bonds. The highest BCUT2D eigenvalue weighted by Gasteiger charge is 2.07. The molecule has 0 unspecified atom stereocenters. The Bertz CT molecular complexity index is 649. The predicted molar refractivity (Wildman–Crippen MR) is 71.2 cm³/mol. The lowest BCUT2D eigenvalue weighted by atomic mass is 10.3. The van der Waals surface area contributed by atoms with Crippen molar-refractivity contribution in [2.75, 3.05) is 29.6 Å². The van der Waals surface area contributed by atoms with Gasteiger partial charge >= 0.3 is 0 Å². The van der Waals surface area contributed by atoms with E-state index >= 15 is 0 Å². The molecule has 0 saturated heterocycles. The van der Waals surface area contributed by atoms with Gasteiger partial charge in [-0.25, -0.2) is 8.42 Å². The number of hydrogen-bond donors (Lipinski definition) is 2. The SMILES string of the molecule is CS(=O)(=O)CCCNc1nc2c(N)cccc2o1. The van der Waals surface area contributed by atoms with E-state index in [0.29, 0.717) is 35.8 Å². The number of sulfone groups is 1. The summed E-state index contributed by atoms with van der Waals surface area (Å²) >= 11 is 0. The van der Waals surface area contributed by atoms with Gasteiger partial charge in [0.1, 0.15) is 15.4 Å². The van der Waals surface area contributed by atoms with Crippen LogP contribution >= 0.6 is 0 Å². The Morgan fingerprint density at radius 3 is 2.89 bits per heavy atom. The van der Waals surface area contributed by atoms with E-state index in [-0.39, 0.29) is 5.75 Å². The van der Waals surface area contributed by atoms with E-state index < -0.39 is 9.84 Å². The van der Waals surface area contributed by atoms with E-state index in [1.807, 2.05) is 0 Å². The Labute approximate surface area is 105 Å². The summed E-state index contributed by atoms with van der Waals surface area (Å²) in [5, 5.41) is 2.94. The monoisotopic (exact) mass is 269 g/mol. The second-order valence-corrected chi connectivity index (χ2v) is 6.38. The van der Waals surface area contributed by atoms with Crippen LogP contribution in [0.4, 0.5) is 11.7 Å². The van der Waals surface area contributed by atoms with Crippen molar-refractivity contribution < 1.29 is 12.8 Å². The van der Waals surface area contributed by atoms with Crippen molar-refractivity contribution in [2.45, 2.75) is 6.42 Å². The lowest BCUT2D eigenvalue weighted by molar-refractivity contribution is 0.597. The Morgan fingerprint density at radius 2 is 2.22 bits per heavy atom. The number of benzene rings is 1. The van der Waals surface area contributed by atoms with E-state index in [2.05, 4.69) is 10.3 Å². The highest BCUT2D eigenvalue weighted by Crippen LogP contribution is 2.23. The van der Waals surface area contributed by atoms with Crippen LogP contribution in [-0.4, -0.2) is 32.0 Å². The Balaban J connectivity index is 1.98. The van der Waals surface area contributed by atoms with Crippen LogP contribution in [0.3, 0.4) is 0 Å². The van der Waals surface area contributed by atoms with Crippen LogP contribution in [0.1, 0.15) is 6.42 Å². The van der Waals surface area contributed by atoms with Gasteiger partial charge in [0.2, 0.25) is 0 Å². The molecular formula is C11H15N3O3S. The van der Waals surface area contributed by atoms with E-state index in [9.17, 15) is 8.42 Å². The number of nitrogen functional groups attached to an aromatic ring is 1. The van der Waals surface area contributed by atoms with E-state index in [0.717, 1.165) is 0 Å². The van der Waals surface area contributed by atoms with Gasteiger partial charge < -0.3 is 15.5 Å². The summed E-state index contributed by atoms with van der Waals surface area (Å²) in [7, 11) is -2.92. The summed E-state index contributed by atoms with van der Waals surface area (Å²) in [4.78, 5) is 4.19. The van der Waals surface area contributed by atoms with Crippen LogP contribution in [0.5, 0.6) is 0 Å². The van der Waals surface area contributed by atoms with Gasteiger partial charge in [0.05, 0.1) is 11.4 Å². The first-order chi connectivity index (χ1) is 8.46. The van der Waals surface area contributed by atoms with Gasteiger partial charge in [-0.1, -0.05) is 6.07 Å². The summed E-state index contributed by atoms with van der Waals surface area (Å²) in [6.45, 7) is 0.486. The molecule has 2 rings (SSSR count). The molecule has 0 aliphatic rings. The molecule has 2 aromatic rings. The molecule has 1 heterocycles. The summed E-state index contributed by atoms with van der Waals surface area (Å²) in [5.41, 5.74) is 7.53. The van der Waals surface area contributed by atoms with Gasteiger partial charge in [-0.05, 0) is 18.6 Å². The number of fused-ring (bicyclic) bond motifs is 1. The second kappa shape index (κ2) is 4.85. The van der Waals surface area contributed by atoms with E-state index in [1.165, 1.54) is 6.26 Å². The first kappa shape index (κ1) is 12.7. The number of hydrogen-bond acceptors (Lipinski definition) is 6. The van der Waals surface area contributed by atoms with Gasteiger partial charge in [-0.2, -0.15) is 4.98 Å². The number of nitrogens with zero attached hydrogens (tertiary/aromatic N) is 1. The molecule has 0 radical (unpaired) electrons. The average molecular weight is 269 g/mol. The first-order valence-electron chi connectivity index (χ1n) is 5.52. The third-order valence-corrected chi connectivity index (χ3v) is 3.45. The number of nitrogens with two attached hydrogens (primary N) is 1. The molecule has 0 bridgehead atoms. The quantitative estimate of drug-likeness (QED) is 0.626. The van der Waals surface area contributed by atoms with Crippen molar-refractivity contribution in [3.63, 3.8) is 0 Å². The largest absolute Gasteiger partial charge is 0.423 e. The molecule has 1 aromatic carbocycles. The van der Waals surface area contributed by atoms with Gasteiger partial charge in [-0.3, -0.25) is 0 Å². The fourth-order valence-corrected chi connectivity index (χ4v) is 2.24. The zero-order valence-electron chi connectivity index (χ0n) is 10.0. The van der Waals surface area contributed by atoms with Gasteiger partial charge in [0.25, 0.3) is 6.01 Å². The number of oxazole rings is 1. The number of rotatable bonds is 5. The van der Waals surface area contributed by atoms with E-state index in [1.54, 1.807) is 18.2 Å². The summed E-state index contributed by atoms with van der Waals surface area (Å²) in [5.74, 6) is 0.141. The molecule has 3 N–H and O–H groups in total. The zero-order chi connectivity index (χ0) is 13.2. The minimum Gasteiger partial charge on any atom is -0.423 e. The third-order valence-electron chi connectivity index (χ3n) is 2.42. The molecule has 0 aliphatic carbocycles. The van der Waals surface area contributed by atoms with Crippen LogP contribution in [0.15, 0.2) is 22.6 Å². The molecule has 0 aliphatic heterocycles. The second-order valence-electron chi connectivity index (χ2n) is 4.12. The molecule has 1 aromatic heterocycles. The molecule has 0 fully saturated rings. The topological polar surface area (TPSA) is 98.2 Å². The van der Waals surface area contributed by atoms with Gasteiger partial charge in [-0.15, -0.1) is 0 Å². The maximum absolute atomic E-state index is 10.9. The van der Waals surface area contributed by atoms with Gasteiger partial charge in [0.15, 0.2) is 5.58 Å². The average Bonchev–Trinajstić information content (AvgIpc) is 2.68. The Morgan fingerprint density at radius 1 is 1.44 bits per heavy atom. The van der Waals surface area contributed by atoms with Crippen molar-refractivity contribution in [3.05, 3.63) is 18.2 Å². The van der Waals surface area contributed by atoms with Crippen molar-refractivity contribution in [2.24, 2.45) is 0 Å². The molecule has 98 valence electrons. The van der Waals surface area contributed by atoms with Crippen LogP contribution in [0.2, 0.25) is 0 Å². The predicted octanol–water partition coefficient (Wildman–Crippen LogP) is 1.26. The zero-order valence-corrected chi connectivity index (χ0v) is 10.8. The molecule has 0 spiro atoms. The van der Waals surface area contributed by atoms with Gasteiger partial charge in [0, 0.05) is 12.8 Å². The molecule has 18 heavy (non-hydrogen) atoms. The molecule has 6 nitrogen and oxygen atoms in total. The van der Waals surface area contributed by atoms with Crippen LogP contribution in [-0.2, 0) is 9.84 Å². The van der Waals surface area contributed by atoms with Crippen LogP contribution in [0.25, 0.3) is 11.1 Å². The standard InChI is InChI=1S/C11H15N3O3S/c1-18(15,16)7-3-6-13-11-14-10-8(12)4-2-5-9(10)17-11/h2,4-5H,3,6-7,12H2,1H3,(H,13,14). The molecule has 0 atom stereocenters. The lowest BCUT2D eigenvalue weighted by Crippen LogP contribution is -2.09. The van der Waals surface area contributed by atoms with Crippen molar-refractivity contribution in [1.29, 1.82) is 0 Å². The smallest absolute Gasteiger partial charge is 0.295 e. The van der Waals surface area contributed by atoms with E-state index in [4.69, 9.17) is 10.2 Å². The molecule has 0 saturated carbocycles. The maximum Gasteiger partial charge on any atom is 0.295 e. The number of nitrogens with one attached hydrogen (secondary N) is 1. The number of anilines is 2. The van der Waals surface area contributed by atoms with Crippen LogP contribution < -0.4 is 11.1 Å². The Hall–Kier alpha value is -1.76. The lowest BCUT2D eigenvalue weighted by Gasteiger charge is -1.99. The number of aromatic nitrogens is 1. The summed E-state index contributed by atoms with van der Waals surface area (Å²) < 4.78 is 27.3. The first-order valence-corrected chi connectivity index (χ1v) is 7.58. The fraction of sp³-hybridized carbons (Fsp3) is 0.364. The highest BCUT2D eigenvalue weighted by molar-refractivity contribution is 7.90. The maximum atomic E-state index is 10.9. The molecule has 7 heteroatoms. The van der Waals surface area contributed by atoms with Crippen molar-refractivity contribution in [1.82, 2.24) is 4.98 Å².